The maximum absolute atomic E-state index is 12.9. The Kier molecular flexibility index (Phi) is 3.29. The van der Waals surface area contributed by atoms with Crippen molar-refractivity contribution in [2.45, 2.75) is 6.92 Å². The first-order valence-corrected chi connectivity index (χ1v) is 6.53. The van der Waals surface area contributed by atoms with Crippen molar-refractivity contribution >= 4 is 16.6 Å². The standard InChI is InChI=1S/C16H14FN3/c1-2-18-14-4-3-5-15-12(14)7-8-13(20-15)11-6-9-16(17)19-10-11/h3-10,18H,2H2,1H3. The van der Waals surface area contributed by atoms with Crippen LogP contribution in [-0.2, 0) is 0 Å². The summed E-state index contributed by atoms with van der Waals surface area (Å²) >= 11 is 0. The van der Waals surface area contributed by atoms with Crippen molar-refractivity contribution in [3.05, 3.63) is 54.6 Å². The Labute approximate surface area is 116 Å². The van der Waals surface area contributed by atoms with Crippen molar-refractivity contribution in [1.29, 1.82) is 0 Å². The number of hydrogen-bond donors (Lipinski definition) is 1. The molecule has 0 saturated heterocycles. The largest absolute Gasteiger partial charge is 0.385 e. The summed E-state index contributed by atoms with van der Waals surface area (Å²) in [7, 11) is 0. The molecule has 0 spiro atoms. The molecule has 0 fully saturated rings. The molecule has 1 N–H and O–H groups in total. The minimum Gasteiger partial charge on any atom is -0.385 e. The third-order valence-corrected chi connectivity index (χ3v) is 3.12. The van der Waals surface area contributed by atoms with E-state index in [9.17, 15) is 4.39 Å². The van der Waals surface area contributed by atoms with E-state index in [4.69, 9.17) is 0 Å². The van der Waals surface area contributed by atoms with Crippen LogP contribution in [0.25, 0.3) is 22.2 Å². The molecule has 0 aliphatic heterocycles. The highest BCUT2D eigenvalue weighted by Crippen LogP contribution is 2.25. The molecular formula is C16H14FN3. The molecular weight excluding hydrogens is 253 g/mol. The van der Waals surface area contributed by atoms with Gasteiger partial charge in [0.15, 0.2) is 0 Å². The number of nitrogens with one attached hydrogen (secondary N) is 1. The normalized spacial score (nSPS) is 10.7. The van der Waals surface area contributed by atoms with Crippen LogP contribution in [-0.4, -0.2) is 16.5 Å². The highest BCUT2D eigenvalue weighted by molar-refractivity contribution is 5.92. The molecule has 0 amide bonds. The summed E-state index contributed by atoms with van der Waals surface area (Å²) in [5.41, 5.74) is 3.58. The Hall–Kier alpha value is -2.49. The third kappa shape index (κ3) is 2.32. The first kappa shape index (κ1) is 12.5. The zero-order chi connectivity index (χ0) is 13.9. The van der Waals surface area contributed by atoms with Crippen molar-refractivity contribution in [2.75, 3.05) is 11.9 Å². The molecule has 0 unspecified atom stereocenters. The van der Waals surface area contributed by atoms with Crippen LogP contribution < -0.4 is 5.32 Å². The second-order valence-corrected chi connectivity index (χ2v) is 4.47. The lowest BCUT2D eigenvalue weighted by molar-refractivity contribution is 0.584. The van der Waals surface area contributed by atoms with E-state index in [1.54, 1.807) is 6.07 Å². The Balaban J connectivity index is 2.09. The minimum absolute atomic E-state index is 0.482. The molecule has 3 rings (SSSR count). The van der Waals surface area contributed by atoms with Crippen molar-refractivity contribution in [3.63, 3.8) is 0 Å². The number of rotatable bonds is 3. The van der Waals surface area contributed by atoms with E-state index >= 15 is 0 Å². The Bertz CT molecular complexity index is 738. The Morgan fingerprint density at radius 2 is 2.00 bits per heavy atom. The van der Waals surface area contributed by atoms with Gasteiger partial charge in [0.05, 0.1) is 11.2 Å². The lowest BCUT2D eigenvalue weighted by atomic mass is 10.1. The summed E-state index contributed by atoms with van der Waals surface area (Å²) in [4.78, 5) is 8.28. The SMILES string of the molecule is CCNc1cccc2nc(-c3ccc(F)nc3)ccc12. The van der Waals surface area contributed by atoms with E-state index in [0.717, 1.165) is 34.4 Å². The van der Waals surface area contributed by atoms with Gasteiger partial charge in [0.1, 0.15) is 0 Å². The first-order valence-electron chi connectivity index (χ1n) is 6.53. The van der Waals surface area contributed by atoms with Gasteiger partial charge >= 0.3 is 0 Å². The molecule has 0 bridgehead atoms. The number of anilines is 1. The van der Waals surface area contributed by atoms with E-state index in [1.165, 1.54) is 12.3 Å². The number of halogens is 1. The van der Waals surface area contributed by atoms with Crippen LogP contribution in [0.5, 0.6) is 0 Å². The zero-order valence-electron chi connectivity index (χ0n) is 11.1. The predicted octanol–water partition coefficient (Wildman–Crippen LogP) is 3.87. The average Bonchev–Trinajstić information content (AvgIpc) is 2.48. The van der Waals surface area contributed by atoms with Crippen LogP contribution in [0.4, 0.5) is 10.1 Å². The van der Waals surface area contributed by atoms with Gasteiger partial charge in [-0.25, -0.2) is 9.97 Å². The summed E-state index contributed by atoms with van der Waals surface area (Å²) in [6, 6.07) is 13.0. The highest BCUT2D eigenvalue weighted by atomic mass is 19.1. The fourth-order valence-corrected chi connectivity index (χ4v) is 2.19. The van der Waals surface area contributed by atoms with Gasteiger partial charge in [0.2, 0.25) is 5.95 Å². The maximum Gasteiger partial charge on any atom is 0.212 e. The van der Waals surface area contributed by atoms with Gasteiger partial charge in [-0.3, -0.25) is 0 Å². The van der Waals surface area contributed by atoms with Crippen LogP contribution in [0.2, 0.25) is 0 Å². The summed E-state index contributed by atoms with van der Waals surface area (Å²) in [5, 5.41) is 4.39. The van der Waals surface area contributed by atoms with Gasteiger partial charge in [-0.15, -0.1) is 0 Å². The van der Waals surface area contributed by atoms with Crippen LogP contribution >= 0.6 is 0 Å². The molecule has 100 valence electrons. The van der Waals surface area contributed by atoms with Crippen LogP contribution in [0.3, 0.4) is 0 Å². The van der Waals surface area contributed by atoms with E-state index in [1.807, 2.05) is 30.3 Å². The molecule has 3 nitrogen and oxygen atoms in total. The Morgan fingerprint density at radius 3 is 2.75 bits per heavy atom. The van der Waals surface area contributed by atoms with E-state index in [-0.39, 0.29) is 0 Å². The molecule has 2 heterocycles. The summed E-state index contributed by atoms with van der Waals surface area (Å²) in [5.74, 6) is -0.482. The van der Waals surface area contributed by atoms with Gasteiger partial charge in [-0.2, -0.15) is 4.39 Å². The van der Waals surface area contributed by atoms with Gasteiger partial charge in [-0.05, 0) is 43.3 Å². The van der Waals surface area contributed by atoms with E-state index in [0.29, 0.717) is 0 Å². The first-order chi connectivity index (χ1) is 9.78. The van der Waals surface area contributed by atoms with Crippen molar-refractivity contribution in [3.8, 4) is 11.3 Å². The predicted molar refractivity (Wildman–Crippen MR) is 79.1 cm³/mol. The number of nitrogens with zero attached hydrogens (tertiary/aromatic N) is 2. The van der Waals surface area contributed by atoms with Crippen LogP contribution in [0, 0.1) is 5.95 Å². The molecule has 0 radical (unpaired) electrons. The summed E-state index contributed by atoms with van der Waals surface area (Å²) in [6.07, 6.45) is 1.50. The lowest BCUT2D eigenvalue weighted by Crippen LogP contribution is -1.97. The second-order valence-electron chi connectivity index (χ2n) is 4.47. The minimum atomic E-state index is -0.482. The molecule has 0 atom stereocenters. The van der Waals surface area contributed by atoms with Crippen molar-refractivity contribution in [1.82, 2.24) is 9.97 Å². The number of pyridine rings is 2. The maximum atomic E-state index is 12.9. The number of hydrogen-bond acceptors (Lipinski definition) is 3. The van der Waals surface area contributed by atoms with Gasteiger partial charge in [0, 0.05) is 29.4 Å². The van der Waals surface area contributed by atoms with Crippen LogP contribution in [0.15, 0.2) is 48.7 Å². The van der Waals surface area contributed by atoms with Gasteiger partial charge in [0.25, 0.3) is 0 Å². The molecule has 1 aromatic carbocycles. The smallest absolute Gasteiger partial charge is 0.212 e. The van der Waals surface area contributed by atoms with E-state index < -0.39 is 5.95 Å². The molecule has 0 aliphatic carbocycles. The van der Waals surface area contributed by atoms with E-state index in [2.05, 4.69) is 22.2 Å². The molecule has 20 heavy (non-hydrogen) atoms. The molecule has 0 aliphatic rings. The molecule has 2 aromatic heterocycles. The quantitative estimate of drug-likeness (QED) is 0.732. The van der Waals surface area contributed by atoms with Gasteiger partial charge in [-0.1, -0.05) is 6.07 Å². The summed E-state index contributed by atoms with van der Waals surface area (Å²) < 4.78 is 12.9. The lowest BCUT2D eigenvalue weighted by Gasteiger charge is -2.08. The number of benzene rings is 1. The summed E-state index contributed by atoms with van der Waals surface area (Å²) in [6.45, 7) is 2.92. The fraction of sp³-hybridized carbons (Fsp3) is 0.125. The zero-order valence-corrected chi connectivity index (χ0v) is 11.1. The highest BCUT2D eigenvalue weighted by Gasteiger charge is 2.05. The van der Waals surface area contributed by atoms with Gasteiger partial charge < -0.3 is 5.32 Å². The topological polar surface area (TPSA) is 37.8 Å². The number of fused-ring (bicyclic) bond motifs is 1. The molecule has 3 aromatic rings. The molecule has 4 heteroatoms. The second kappa shape index (κ2) is 5.25. The molecule has 0 saturated carbocycles. The Morgan fingerprint density at radius 1 is 1.10 bits per heavy atom. The monoisotopic (exact) mass is 267 g/mol. The van der Waals surface area contributed by atoms with Crippen molar-refractivity contribution < 1.29 is 4.39 Å². The van der Waals surface area contributed by atoms with Crippen LogP contribution in [0.1, 0.15) is 6.92 Å². The number of aromatic nitrogens is 2. The third-order valence-electron chi connectivity index (χ3n) is 3.12. The fourth-order valence-electron chi connectivity index (χ4n) is 2.19. The van der Waals surface area contributed by atoms with Crippen molar-refractivity contribution in [2.24, 2.45) is 0 Å². The average molecular weight is 267 g/mol.